The monoisotopic (exact) mass is 286 g/mol. The van der Waals surface area contributed by atoms with Gasteiger partial charge in [0, 0.05) is 24.8 Å². The topological polar surface area (TPSA) is 41.0 Å². The minimum absolute atomic E-state index is 0.244. The summed E-state index contributed by atoms with van der Waals surface area (Å²) < 4.78 is 12.9. The number of rotatable bonds is 3. The van der Waals surface area contributed by atoms with Gasteiger partial charge in [-0.2, -0.15) is 0 Å². The molecular weight excluding hydrogens is 267 g/mol. The highest BCUT2D eigenvalue weighted by molar-refractivity contribution is 5.59. The third-order valence-electron chi connectivity index (χ3n) is 3.75. The Morgan fingerprint density at radius 3 is 2.81 bits per heavy atom. The molecule has 1 aliphatic heterocycles. The van der Waals surface area contributed by atoms with Gasteiger partial charge in [0.25, 0.3) is 0 Å². The lowest BCUT2D eigenvalue weighted by Gasteiger charge is -2.31. The number of benzene rings is 1. The van der Waals surface area contributed by atoms with Crippen LogP contribution >= 0.6 is 0 Å². The van der Waals surface area contributed by atoms with Crippen molar-refractivity contribution >= 4 is 17.3 Å². The number of hydrogen-bond donors (Lipinski definition) is 1. The average molecular weight is 286 g/mol. The largest absolute Gasteiger partial charge is 0.356 e. The number of anilines is 3. The summed E-state index contributed by atoms with van der Waals surface area (Å²) in [6, 6.07) is 8.19. The molecule has 1 N–H and O–H groups in total. The molecule has 0 saturated carbocycles. The molecule has 3 rings (SSSR count). The van der Waals surface area contributed by atoms with Gasteiger partial charge in [0.1, 0.15) is 23.8 Å². The van der Waals surface area contributed by atoms with E-state index in [4.69, 9.17) is 0 Å². The molecule has 5 heteroatoms. The second-order valence-electron chi connectivity index (χ2n) is 5.59. The summed E-state index contributed by atoms with van der Waals surface area (Å²) in [7, 11) is 0. The molecule has 2 heterocycles. The summed E-state index contributed by atoms with van der Waals surface area (Å²) >= 11 is 0. The molecule has 0 radical (unpaired) electrons. The van der Waals surface area contributed by atoms with Crippen molar-refractivity contribution in [3.63, 3.8) is 0 Å². The van der Waals surface area contributed by atoms with Gasteiger partial charge in [0.2, 0.25) is 0 Å². The van der Waals surface area contributed by atoms with Gasteiger partial charge in [0.05, 0.1) is 0 Å². The third kappa shape index (κ3) is 3.48. The maximum absolute atomic E-state index is 12.9. The molecule has 1 fully saturated rings. The summed E-state index contributed by atoms with van der Waals surface area (Å²) in [5.41, 5.74) is 0.813. The van der Waals surface area contributed by atoms with Crippen LogP contribution in [0.15, 0.2) is 36.7 Å². The smallest absolute Gasteiger partial charge is 0.135 e. The van der Waals surface area contributed by atoms with E-state index < -0.39 is 0 Å². The Kier molecular flexibility index (Phi) is 3.99. The van der Waals surface area contributed by atoms with E-state index in [1.54, 1.807) is 18.5 Å². The Bertz CT molecular complexity index is 599. The van der Waals surface area contributed by atoms with Crippen molar-refractivity contribution in [2.24, 2.45) is 5.92 Å². The fourth-order valence-electron chi connectivity index (χ4n) is 2.67. The summed E-state index contributed by atoms with van der Waals surface area (Å²) in [6.45, 7) is 4.34. The maximum atomic E-state index is 12.9. The zero-order chi connectivity index (χ0) is 14.7. The Hall–Kier alpha value is -2.17. The predicted molar refractivity (Wildman–Crippen MR) is 82.3 cm³/mol. The van der Waals surface area contributed by atoms with Crippen LogP contribution in [-0.4, -0.2) is 23.1 Å². The lowest BCUT2D eigenvalue weighted by atomic mass is 10.0. The van der Waals surface area contributed by atoms with Gasteiger partial charge in [-0.05, 0) is 43.0 Å². The van der Waals surface area contributed by atoms with Crippen LogP contribution in [0.3, 0.4) is 0 Å². The van der Waals surface area contributed by atoms with E-state index in [2.05, 4.69) is 27.1 Å². The van der Waals surface area contributed by atoms with Crippen LogP contribution in [0, 0.1) is 11.7 Å². The van der Waals surface area contributed by atoms with E-state index in [0.29, 0.717) is 5.92 Å². The third-order valence-corrected chi connectivity index (χ3v) is 3.75. The molecule has 1 aromatic carbocycles. The fraction of sp³-hybridized carbons (Fsp3) is 0.375. The van der Waals surface area contributed by atoms with Crippen LogP contribution in [-0.2, 0) is 0 Å². The predicted octanol–water partition coefficient (Wildman–Crippen LogP) is 3.60. The van der Waals surface area contributed by atoms with Crippen LogP contribution in [0.5, 0.6) is 0 Å². The summed E-state index contributed by atoms with van der Waals surface area (Å²) in [6.07, 6.45) is 4.05. The van der Waals surface area contributed by atoms with Gasteiger partial charge in [-0.15, -0.1) is 0 Å². The van der Waals surface area contributed by atoms with E-state index in [-0.39, 0.29) is 5.82 Å². The standard InChI is InChI=1S/C16H19FN4/c1-12-3-2-8-21(10-12)16-9-15(18-11-19-16)20-14-6-4-13(17)5-7-14/h4-7,9,11-12H,2-3,8,10H2,1H3,(H,18,19,20). The molecule has 110 valence electrons. The molecular formula is C16H19FN4. The van der Waals surface area contributed by atoms with Gasteiger partial charge in [-0.25, -0.2) is 14.4 Å². The Morgan fingerprint density at radius 1 is 1.24 bits per heavy atom. The van der Waals surface area contributed by atoms with Crippen molar-refractivity contribution in [2.75, 3.05) is 23.3 Å². The van der Waals surface area contributed by atoms with E-state index in [1.807, 2.05) is 6.07 Å². The molecule has 0 amide bonds. The first kappa shape index (κ1) is 13.8. The molecule has 0 bridgehead atoms. The Morgan fingerprint density at radius 2 is 2.05 bits per heavy atom. The minimum atomic E-state index is -0.244. The second-order valence-corrected chi connectivity index (χ2v) is 5.59. The quantitative estimate of drug-likeness (QED) is 0.936. The van der Waals surface area contributed by atoms with Crippen molar-refractivity contribution in [2.45, 2.75) is 19.8 Å². The van der Waals surface area contributed by atoms with E-state index in [1.165, 1.54) is 25.0 Å². The van der Waals surface area contributed by atoms with Crippen LogP contribution in [0.2, 0.25) is 0 Å². The van der Waals surface area contributed by atoms with Gasteiger partial charge in [-0.1, -0.05) is 6.92 Å². The molecule has 21 heavy (non-hydrogen) atoms. The Balaban J connectivity index is 1.75. The number of hydrogen-bond acceptors (Lipinski definition) is 4. The number of aromatic nitrogens is 2. The van der Waals surface area contributed by atoms with E-state index in [0.717, 1.165) is 30.4 Å². The number of piperidine rings is 1. The molecule has 1 aromatic heterocycles. The van der Waals surface area contributed by atoms with Crippen molar-refractivity contribution in [3.8, 4) is 0 Å². The molecule has 2 aromatic rings. The lowest BCUT2D eigenvalue weighted by molar-refractivity contribution is 0.444. The summed E-state index contributed by atoms with van der Waals surface area (Å²) in [5, 5.41) is 3.18. The van der Waals surface area contributed by atoms with E-state index >= 15 is 0 Å². The molecule has 1 saturated heterocycles. The molecule has 1 atom stereocenters. The molecule has 4 nitrogen and oxygen atoms in total. The molecule has 1 aliphatic rings. The Labute approximate surface area is 124 Å². The van der Waals surface area contributed by atoms with Crippen LogP contribution in [0.1, 0.15) is 19.8 Å². The molecule has 1 unspecified atom stereocenters. The van der Waals surface area contributed by atoms with Crippen molar-refractivity contribution in [3.05, 3.63) is 42.5 Å². The second kappa shape index (κ2) is 6.08. The SMILES string of the molecule is CC1CCCN(c2cc(Nc3ccc(F)cc3)ncn2)C1. The first-order valence-corrected chi connectivity index (χ1v) is 7.30. The highest BCUT2D eigenvalue weighted by atomic mass is 19.1. The molecule has 0 spiro atoms. The zero-order valence-electron chi connectivity index (χ0n) is 12.1. The van der Waals surface area contributed by atoms with Crippen molar-refractivity contribution in [1.82, 2.24) is 9.97 Å². The number of halogens is 1. The normalized spacial score (nSPS) is 18.6. The minimum Gasteiger partial charge on any atom is -0.356 e. The highest BCUT2D eigenvalue weighted by Crippen LogP contribution is 2.23. The number of nitrogens with one attached hydrogen (secondary N) is 1. The van der Waals surface area contributed by atoms with Crippen molar-refractivity contribution in [1.29, 1.82) is 0 Å². The zero-order valence-corrected chi connectivity index (χ0v) is 12.1. The van der Waals surface area contributed by atoms with Gasteiger partial charge in [-0.3, -0.25) is 0 Å². The van der Waals surface area contributed by atoms with Crippen molar-refractivity contribution < 1.29 is 4.39 Å². The van der Waals surface area contributed by atoms with Crippen LogP contribution in [0.25, 0.3) is 0 Å². The number of nitrogens with zero attached hydrogens (tertiary/aromatic N) is 3. The van der Waals surface area contributed by atoms with Gasteiger partial charge >= 0.3 is 0 Å². The van der Waals surface area contributed by atoms with Crippen LogP contribution < -0.4 is 10.2 Å². The van der Waals surface area contributed by atoms with Gasteiger partial charge in [0.15, 0.2) is 0 Å². The lowest BCUT2D eigenvalue weighted by Crippen LogP contribution is -2.34. The maximum Gasteiger partial charge on any atom is 0.135 e. The van der Waals surface area contributed by atoms with Crippen LogP contribution in [0.4, 0.5) is 21.7 Å². The molecule has 0 aliphatic carbocycles. The average Bonchev–Trinajstić information content (AvgIpc) is 2.50. The van der Waals surface area contributed by atoms with Gasteiger partial charge < -0.3 is 10.2 Å². The van der Waals surface area contributed by atoms with E-state index in [9.17, 15) is 4.39 Å². The summed E-state index contributed by atoms with van der Waals surface area (Å²) in [4.78, 5) is 10.9. The fourth-order valence-corrected chi connectivity index (χ4v) is 2.67. The first-order chi connectivity index (χ1) is 10.2. The highest BCUT2D eigenvalue weighted by Gasteiger charge is 2.17. The summed E-state index contributed by atoms with van der Waals surface area (Å²) in [5.74, 6) is 2.12. The first-order valence-electron chi connectivity index (χ1n) is 7.30.